The highest BCUT2D eigenvalue weighted by Gasteiger charge is 2.06. The van der Waals surface area contributed by atoms with Gasteiger partial charge in [-0.25, -0.2) is 9.86 Å². The number of carbonyl (C=O) groups is 1. The Morgan fingerprint density at radius 3 is 2.26 bits per heavy atom. The zero-order valence-corrected chi connectivity index (χ0v) is 11.5. The summed E-state index contributed by atoms with van der Waals surface area (Å²) < 4.78 is 2.56. The molecule has 0 aliphatic rings. The fraction of sp³-hybridized carbons (Fsp3) is 0.100. The van der Waals surface area contributed by atoms with Gasteiger partial charge in [0.05, 0.1) is 5.69 Å². The van der Waals surface area contributed by atoms with Crippen molar-refractivity contribution in [1.29, 1.82) is 0 Å². The van der Waals surface area contributed by atoms with Crippen molar-refractivity contribution in [3.63, 3.8) is 0 Å². The van der Waals surface area contributed by atoms with Crippen LogP contribution in [-0.2, 0) is 0 Å². The van der Waals surface area contributed by atoms with Gasteiger partial charge in [0.15, 0.2) is 9.54 Å². The Morgan fingerprint density at radius 1 is 1.26 bits per heavy atom. The molecule has 2 amide bonds. The number of amides is 2. The summed E-state index contributed by atoms with van der Waals surface area (Å²) in [5, 5.41) is 17.4. The van der Waals surface area contributed by atoms with Gasteiger partial charge in [-0.15, -0.1) is 0 Å². The molecule has 0 saturated carbocycles. The van der Waals surface area contributed by atoms with Crippen LogP contribution in [0.4, 0.5) is 10.5 Å². The van der Waals surface area contributed by atoms with Crippen molar-refractivity contribution >= 4 is 36.2 Å². The SMILES string of the molecule is CN(O)C(=O)Nc1ccc(-n2c(=S)[nH][nH]c2=S)cc1. The Balaban J connectivity index is 2.27. The van der Waals surface area contributed by atoms with Crippen molar-refractivity contribution in [2.24, 2.45) is 0 Å². The van der Waals surface area contributed by atoms with Crippen molar-refractivity contribution < 1.29 is 10.0 Å². The third kappa shape index (κ3) is 2.89. The summed E-state index contributed by atoms with van der Waals surface area (Å²) in [5.74, 6) is 0. The van der Waals surface area contributed by atoms with E-state index in [1.54, 1.807) is 28.8 Å². The predicted molar refractivity (Wildman–Crippen MR) is 74.7 cm³/mol. The number of hydrogen-bond acceptors (Lipinski definition) is 4. The minimum Gasteiger partial charge on any atom is -0.306 e. The molecule has 100 valence electrons. The summed E-state index contributed by atoms with van der Waals surface area (Å²) in [6.07, 6.45) is 0. The first kappa shape index (κ1) is 13.5. The van der Waals surface area contributed by atoms with E-state index in [4.69, 9.17) is 29.6 Å². The van der Waals surface area contributed by atoms with Crippen LogP contribution in [0.3, 0.4) is 0 Å². The molecule has 0 fully saturated rings. The normalized spacial score (nSPS) is 10.2. The number of rotatable bonds is 2. The lowest BCUT2D eigenvalue weighted by molar-refractivity contribution is -0.0118. The topological polar surface area (TPSA) is 89.1 Å². The zero-order chi connectivity index (χ0) is 14.0. The molecule has 0 radical (unpaired) electrons. The molecule has 0 atom stereocenters. The molecule has 0 saturated heterocycles. The van der Waals surface area contributed by atoms with Crippen LogP contribution in [0.2, 0.25) is 0 Å². The average molecular weight is 297 g/mol. The van der Waals surface area contributed by atoms with Crippen molar-refractivity contribution in [2.75, 3.05) is 12.4 Å². The molecule has 1 heterocycles. The van der Waals surface area contributed by atoms with Gasteiger partial charge in [-0.05, 0) is 48.7 Å². The molecule has 2 rings (SSSR count). The summed E-state index contributed by atoms with van der Waals surface area (Å²) >= 11 is 10.2. The van der Waals surface area contributed by atoms with E-state index in [1.807, 2.05) is 0 Å². The molecule has 19 heavy (non-hydrogen) atoms. The molecule has 2 aromatic rings. The van der Waals surface area contributed by atoms with Crippen LogP contribution in [0, 0.1) is 9.54 Å². The van der Waals surface area contributed by atoms with Crippen molar-refractivity contribution in [2.45, 2.75) is 0 Å². The van der Waals surface area contributed by atoms with Crippen LogP contribution in [0.15, 0.2) is 24.3 Å². The Hall–Kier alpha value is -1.97. The predicted octanol–water partition coefficient (Wildman–Crippen LogP) is 2.45. The minimum absolute atomic E-state index is 0.455. The van der Waals surface area contributed by atoms with E-state index in [1.165, 1.54) is 7.05 Å². The lowest BCUT2D eigenvalue weighted by Crippen LogP contribution is -2.27. The second-order valence-electron chi connectivity index (χ2n) is 3.70. The summed E-state index contributed by atoms with van der Waals surface area (Å²) in [6.45, 7) is 0. The highest BCUT2D eigenvalue weighted by Crippen LogP contribution is 2.14. The Labute approximate surface area is 118 Å². The van der Waals surface area contributed by atoms with Crippen LogP contribution in [0.5, 0.6) is 0 Å². The molecule has 1 aromatic carbocycles. The van der Waals surface area contributed by atoms with Crippen LogP contribution in [0.1, 0.15) is 0 Å². The maximum atomic E-state index is 11.3. The Bertz CT molecular complexity index is 670. The number of H-pyrrole nitrogens is 2. The highest BCUT2D eigenvalue weighted by atomic mass is 32.1. The van der Waals surface area contributed by atoms with Gasteiger partial charge >= 0.3 is 6.03 Å². The van der Waals surface area contributed by atoms with E-state index in [-0.39, 0.29) is 0 Å². The lowest BCUT2D eigenvalue weighted by atomic mass is 10.3. The van der Waals surface area contributed by atoms with Gasteiger partial charge in [0, 0.05) is 12.7 Å². The van der Waals surface area contributed by atoms with Crippen LogP contribution in [-0.4, -0.2) is 38.1 Å². The second-order valence-corrected chi connectivity index (χ2v) is 4.47. The molecule has 0 spiro atoms. The Kier molecular flexibility index (Phi) is 3.79. The van der Waals surface area contributed by atoms with Gasteiger partial charge in [0.1, 0.15) is 0 Å². The van der Waals surface area contributed by atoms with Gasteiger partial charge < -0.3 is 5.32 Å². The number of urea groups is 1. The van der Waals surface area contributed by atoms with Crippen molar-refractivity contribution in [1.82, 2.24) is 19.8 Å². The monoisotopic (exact) mass is 297 g/mol. The van der Waals surface area contributed by atoms with Gasteiger partial charge in [-0.3, -0.25) is 20.0 Å². The first-order valence-corrected chi connectivity index (χ1v) is 6.04. The third-order valence-corrected chi connectivity index (χ3v) is 2.92. The number of carbonyl (C=O) groups excluding carboxylic acids is 1. The van der Waals surface area contributed by atoms with E-state index in [2.05, 4.69) is 15.5 Å². The van der Waals surface area contributed by atoms with Gasteiger partial charge in [0.25, 0.3) is 0 Å². The second kappa shape index (κ2) is 5.34. The van der Waals surface area contributed by atoms with E-state index < -0.39 is 6.03 Å². The largest absolute Gasteiger partial charge is 0.345 e. The smallest absolute Gasteiger partial charge is 0.306 e. The number of nitrogens with zero attached hydrogens (tertiary/aromatic N) is 2. The number of hydroxylamine groups is 2. The number of aromatic amines is 2. The van der Waals surface area contributed by atoms with Crippen LogP contribution < -0.4 is 5.32 Å². The Morgan fingerprint density at radius 2 is 1.79 bits per heavy atom. The van der Waals surface area contributed by atoms with Crippen LogP contribution >= 0.6 is 24.4 Å². The molecule has 0 unspecified atom stereocenters. The first-order valence-electron chi connectivity index (χ1n) is 5.23. The molecule has 4 N–H and O–H groups in total. The lowest BCUT2D eigenvalue weighted by Gasteiger charge is -2.10. The number of nitrogens with one attached hydrogen (secondary N) is 3. The fourth-order valence-electron chi connectivity index (χ4n) is 1.44. The van der Waals surface area contributed by atoms with Gasteiger partial charge in [0.2, 0.25) is 0 Å². The highest BCUT2D eigenvalue weighted by molar-refractivity contribution is 7.72. The quantitative estimate of drug-likeness (QED) is 0.389. The molecule has 0 bridgehead atoms. The molecule has 9 heteroatoms. The summed E-state index contributed by atoms with van der Waals surface area (Å²) in [7, 11) is 1.24. The molecular formula is C10H11N5O2S2. The summed E-state index contributed by atoms with van der Waals surface area (Å²) in [4.78, 5) is 11.3. The minimum atomic E-state index is -0.622. The van der Waals surface area contributed by atoms with E-state index >= 15 is 0 Å². The molecule has 1 aromatic heterocycles. The first-order chi connectivity index (χ1) is 8.99. The van der Waals surface area contributed by atoms with Gasteiger partial charge in [-0.1, -0.05) is 0 Å². The third-order valence-electron chi connectivity index (χ3n) is 2.35. The maximum absolute atomic E-state index is 11.3. The molecule has 0 aliphatic heterocycles. The van der Waals surface area contributed by atoms with Crippen molar-refractivity contribution in [3.05, 3.63) is 33.8 Å². The average Bonchev–Trinajstić information content (AvgIpc) is 2.70. The van der Waals surface area contributed by atoms with E-state index in [9.17, 15) is 4.79 Å². The fourth-order valence-corrected chi connectivity index (χ4v) is 2.00. The number of hydrogen-bond donors (Lipinski definition) is 4. The molecule has 0 aliphatic carbocycles. The van der Waals surface area contributed by atoms with E-state index in [0.717, 1.165) is 5.69 Å². The maximum Gasteiger partial charge on any atom is 0.345 e. The molecular weight excluding hydrogens is 286 g/mol. The summed E-state index contributed by atoms with van der Waals surface area (Å²) in [5.41, 5.74) is 1.31. The van der Waals surface area contributed by atoms with Gasteiger partial charge in [-0.2, -0.15) is 0 Å². The standard InChI is InChI=1S/C10H11N5O2S2/c1-14(17)8(16)11-6-2-4-7(5-3-6)15-9(18)12-13-10(15)19/h2-5,17H,1H3,(H,11,16)(H,12,18)(H,13,19). The van der Waals surface area contributed by atoms with Crippen LogP contribution in [0.25, 0.3) is 5.69 Å². The van der Waals surface area contributed by atoms with E-state index in [0.29, 0.717) is 20.3 Å². The van der Waals surface area contributed by atoms with Crippen molar-refractivity contribution in [3.8, 4) is 5.69 Å². The molecule has 7 nitrogen and oxygen atoms in total. The summed E-state index contributed by atoms with van der Waals surface area (Å²) in [6, 6.07) is 6.24. The zero-order valence-electron chi connectivity index (χ0n) is 9.88. The number of aromatic nitrogens is 3. The number of anilines is 1. The number of benzene rings is 1.